The lowest BCUT2D eigenvalue weighted by Crippen LogP contribution is -2.37. The Morgan fingerprint density at radius 2 is 1.80 bits per heavy atom. The Morgan fingerprint density at radius 1 is 0.978 bits per heavy atom. The van der Waals surface area contributed by atoms with E-state index in [0.29, 0.717) is 23.4 Å². The van der Waals surface area contributed by atoms with Crippen LogP contribution >= 0.6 is 0 Å². The van der Waals surface area contributed by atoms with E-state index < -0.39 is 22.2 Å². The Kier molecular flexibility index (Phi) is 7.14. The van der Waals surface area contributed by atoms with Crippen LogP contribution in [0.2, 0.25) is 0 Å². The maximum Gasteiger partial charge on any atom is 0.385 e. The van der Waals surface area contributed by atoms with E-state index in [-0.39, 0.29) is 25.3 Å². The average molecular weight is 623 g/mol. The highest BCUT2D eigenvalue weighted by Gasteiger charge is 2.33. The summed E-state index contributed by atoms with van der Waals surface area (Å²) < 4.78 is 41.1. The first-order valence-corrected chi connectivity index (χ1v) is 15.9. The number of carboxylic acid groups (broad SMARTS) is 1. The molecule has 0 radical (unpaired) electrons. The summed E-state index contributed by atoms with van der Waals surface area (Å²) in [5, 5.41) is 18.8. The quantitative estimate of drug-likeness (QED) is 0.262. The van der Waals surface area contributed by atoms with E-state index in [1.807, 2.05) is 80.7 Å². The van der Waals surface area contributed by atoms with E-state index in [1.165, 1.54) is 4.31 Å². The van der Waals surface area contributed by atoms with Crippen molar-refractivity contribution in [1.29, 1.82) is 0 Å². The maximum atomic E-state index is 13.2. The number of nitrogens with zero attached hydrogens (tertiary/aromatic N) is 4. The summed E-state index contributed by atoms with van der Waals surface area (Å²) in [5.41, 5.74) is 8.09. The lowest BCUT2D eigenvalue weighted by Gasteiger charge is -2.29. The summed E-state index contributed by atoms with van der Waals surface area (Å²) in [6.07, 6.45) is 3.64. The molecule has 0 spiro atoms. The van der Waals surface area contributed by atoms with Crippen molar-refractivity contribution in [3.8, 4) is 11.5 Å². The van der Waals surface area contributed by atoms with Crippen LogP contribution in [0.25, 0.3) is 23.3 Å². The second-order valence-corrected chi connectivity index (χ2v) is 12.9. The molecule has 10 nitrogen and oxygen atoms in total. The molecule has 2 atom stereocenters. The first-order chi connectivity index (χ1) is 21.7. The van der Waals surface area contributed by atoms with Crippen molar-refractivity contribution in [3.63, 3.8) is 0 Å². The van der Waals surface area contributed by atoms with E-state index in [2.05, 4.69) is 10.3 Å². The van der Waals surface area contributed by atoms with E-state index in [1.54, 1.807) is 22.9 Å². The zero-order valence-corrected chi connectivity index (χ0v) is 25.5. The fraction of sp³-hybridized carbons (Fsp3) is 0.206. The monoisotopic (exact) mass is 622 g/mol. The van der Waals surface area contributed by atoms with Gasteiger partial charge in [0.2, 0.25) is 0 Å². The molecule has 4 heterocycles. The molecule has 11 heteroatoms. The van der Waals surface area contributed by atoms with Crippen molar-refractivity contribution in [1.82, 2.24) is 19.3 Å². The Bertz CT molecular complexity index is 2120. The van der Waals surface area contributed by atoms with Gasteiger partial charge < -0.3 is 14.0 Å². The number of hydrogen-bond donors (Lipinski definition) is 1. The second kappa shape index (κ2) is 11.2. The summed E-state index contributed by atoms with van der Waals surface area (Å²) in [5.74, 6) is -0.587. The van der Waals surface area contributed by atoms with Crippen LogP contribution in [0.5, 0.6) is 11.5 Å². The van der Waals surface area contributed by atoms with Gasteiger partial charge in [0.1, 0.15) is 23.6 Å². The van der Waals surface area contributed by atoms with Crippen molar-refractivity contribution in [2.24, 2.45) is 0 Å². The molecule has 0 fully saturated rings. The van der Waals surface area contributed by atoms with Crippen molar-refractivity contribution >= 4 is 39.6 Å². The molecular weight excluding hydrogens is 592 g/mol. The van der Waals surface area contributed by atoms with Gasteiger partial charge in [0.25, 0.3) is 0 Å². The number of fused-ring (bicyclic) bond motifs is 2. The Morgan fingerprint density at radius 3 is 2.64 bits per heavy atom. The zero-order valence-electron chi connectivity index (χ0n) is 24.7. The van der Waals surface area contributed by atoms with Gasteiger partial charge >= 0.3 is 16.3 Å². The molecule has 2 unspecified atom stereocenters. The molecule has 228 valence electrons. The van der Waals surface area contributed by atoms with Gasteiger partial charge in [0, 0.05) is 30.8 Å². The van der Waals surface area contributed by atoms with Crippen LogP contribution in [0.1, 0.15) is 56.8 Å². The largest absolute Gasteiger partial charge is 0.489 e. The number of hydrogen-bond acceptors (Lipinski definition) is 7. The topological polar surface area (TPSA) is 124 Å². The lowest BCUT2D eigenvalue weighted by atomic mass is 9.84. The number of aryl methyl sites for hydroxylation is 2. The van der Waals surface area contributed by atoms with Gasteiger partial charge in [-0.25, -0.2) is 4.68 Å². The molecule has 0 amide bonds. The van der Waals surface area contributed by atoms with Crippen molar-refractivity contribution < 1.29 is 27.2 Å². The fourth-order valence-electron chi connectivity index (χ4n) is 6.05. The summed E-state index contributed by atoms with van der Waals surface area (Å²) in [6, 6.07) is 22.5. The van der Waals surface area contributed by atoms with Gasteiger partial charge in [-0.15, -0.1) is 5.10 Å². The van der Waals surface area contributed by atoms with E-state index >= 15 is 0 Å². The molecule has 0 aliphatic carbocycles. The molecule has 3 aliphatic heterocycles. The predicted octanol–water partition coefficient (Wildman–Crippen LogP) is 5.81. The smallest absolute Gasteiger partial charge is 0.385 e. The number of benzene rings is 4. The third kappa shape index (κ3) is 5.45. The summed E-state index contributed by atoms with van der Waals surface area (Å²) in [6.45, 7) is 4.28. The second-order valence-electron chi connectivity index (χ2n) is 11.4. The van der Waals surface area contributed by atoms with Crippen LogP contribution in [0.15, 0.2) is 72.8 Å². The first-order valence-electron chi connectivity index (χ1n) is 14.5. The van der Waals surface area contributed by atoms with Gasteiger partial charge in [-0.3, -0.25) is 4.79 Å². The number of aromatic nitrogens is 3. The van der Waals surface area contributed by atoms with Crippen LogP contribution in [0, 0.1) is 13.8 Å². The van der Waals surface area contributed by atoms with Crippen LogP contribution in [-0.2, 0) is 34.8 Å². The van der Waals surface area contributed by atoms with Crippen molar-refractivity contribution in [2.45, 2.75) is 45.9 Å². The van der Waals surface area contributed by atoms with Gasteiger partial charge in [0.05, 0.1) is 11.9 Å². The normalized spacial score (nSPS) is 19.3. The molecular formula is C34H30N4O6S. The Balaban J connectivity index is 1.40. The fourth-order valence-corrected chi connectivity index (χ4v) is 7.14. The van der Waals surface area contributed by atoms with Crippen LogP contribution in [0.3, 0.4) is 0 Å². The molecule has 45 heavy (non-hydrogen) atoms. The minimum absolute atomic E-state index is 0.0533. The number of carboxylic acids is 1. The first kappa shape index (κ1) is 28.8. The van der Waals surface area contributed by atoms with E-state index in [9.17, 15) is 18.3 Å². The molecule has 3 aliphatic rings. The number of aliphatic carboxylic acids is 1. The van der Waals surface area contributed by atoms with Crippen LogP contribution in [-0.4, -0.2) is 38.8 Å². The summed E-state index contributed by atoms with van der Waals surface area (Å²) >= 11 is 0. The van der Waals surface area contributed by atoms with Crippen molar-refractivity contribution in [2.75, 3.05) is 0 Å². The van der Waals surface area contributed by atoms with Gasteiger partial charge in [0.15, 0.2) is 0 Å². The number of rotatable bonds is 2. The van der Waals surface area contributed by atoms with Crippen LogP contribution in [0.4, 0.5) is 0 Å². The average Bonchev–Trinajstić information content (AvgIpc) is 3.43. The Labute approximate surface area is 260 Å². The number of carbonyl (C=O) groups is 1. The standard InChI is InChI=1S/C34H30N4O6S/c1-21-7-8-24-15-26(21)18-37-19-27-16-28(9-12-32(27)44-45(37,41)42)43-20-25-6-4-3-5-23(25)13-14-38-31-11-10-29(30(24)17-33(39)40)22(2)34(31)35-36-38/h3-16,30H,17-20H2,1-2H3,(H,39,40)/b14-13-. The molecule has 1 N–H and O–H groups in total. The molecule has 5 aromatic rings. The minimum atomic E-state index is -4.08. The SMILES string of the molecule is Cc1ccc2cc1CN1Cc3cc(ccc3OS1(=O)=O)OCc1ccccc1/C=C\n1nnc3c(C)c(ccc31)C2CC(=O)O. The molecule has 0 saturated heterocycles. The van der Waals surface area contributed by atoms with Crippen molar-refractivity contribution in [3.05, 3.63) is 117 Å². The third-order valence-corrected chi connectivity index (χ3v) is 9.83. The number of ether oxygens (including phenoxy) is 1. The summed E-state index contributed by atoms with van der Waals surface area (Å²) in [4.78, 5) is 12.1. The van der Waals surface area contributed by atoms with Crippen LogP contribution < -0.4 is 8.92 Å². The highest BCUT2D eigenvalue weighted by Crippen LogP contribution is 2.37. The van der Waals surface area contributed by atoms with Gasteiger partial charge in [-0.1, -0.05) is 53.7 Å². The maximum absolute atomic E-state index is 13.2. The molecule has 4 aromatic carbocycles. The third-order valence-electron chi connectivity index (χ3n) is 8.55. The zero-order chi connectivity index (χ0) is 31.3. The minimum Gasteiger partial charge on any atom is -0.489 e. The van der Waals surface area contributed by atoms with E-state index in [0.717, 1.165) is 44.5 Å². The lowest BCUT2D eigenvalue weighted by molar-refractivity contribution is -0.137. The molecule has 8 rings (SSSR count). The highest BCUT2D eigenvalue weighted by molar-refractivity contribution is 7.84. The highest BCUT2D eigenvalue weighted by atomic mass is 32.2. The van der Waals surface area contributed by atoms with E-state index in [4.69, 9.17) is 8.92 Å². The van der Waals surface area contributed by atoms with Gasteiger partial charge in [-0.2, -0.15) is 12.7 Å². The molecule has 0 saturated carbocycles. The molecule has 9 bridgehead atoms. The van der Waals surface area contributed by atoms with Gasteiger partial charge in [-0.05, 0) is 83.1 Å². The molecule has 1 aromatic heterocycles. The predicted molar refractivity (Wildman–Crippen MR) is 169 cm³/mol. The Hall–Kier alpha value is -5.00. The summed E-state index contributed by atoms with van der Waals surface area (Å²) in [7, 11) is -4.08.